The lowest BCUT2D eigenvalue weighted by Gasteiger charge is -2.06. The molecule has 0 bridgehead atoms. The van der Waals surface area contributed by atoms with Gasteiger partial charge in [-0.25, -0.2) is 8.42 Å². The lowest BCUT2D eigenvalue weighted by Crippen LogP contribution is -2.10. The molecule has 1 aromatic carbocycles. The first-order valence-electron chi connectivity index (χ1n) is 4.93. The second-order valence-corrected chi connectivity index (χ2v) is 6.00. The number of halogens is 1. The molecule has 7 heteroatoms. The van der Waals surface area contributed by atoms with E-state index in [1.807, 2.05) is 0 Å². The minimum absolute atomic E-state index is 0.180. The molecule has 0 aliphatic carbocycles. The summed E-state index contributed by atoms with van der Waals surface area (Å²) in [4.78, 5) is 9.99. The number of rotatable bonds is 5. The Bertz CT molecular complexity index is 527. The highest BCUT2D eigenvalue weighted by molar-refractivity contribution is 7.91. The predicted molar refractivity (Wildman–Crippen MR) is 65.2 cm³/mol. The molecule has 5 nitrogen and oxygen atoms in total. The van der Waals surface area contributed by atoms with E-state index in [1.54, 1.807) is 0 Å². The van der Waals surface area contributed by atoms with Crippen LogP contribution >= 0.6 is 11.6 Å². The molecule has 0 aliphatic heterocycles. The van der Waals surface area contributed by atoms with E-state index in [2.05, 4.69) is 0 Å². The van der Waals surface area contributed by atoms with E-state index in [0.29, 0.717) is 5.56 Å². The maximum atomic E-state index is 11.9. The molecule has 0 amide bonds. The standard InChI is InChI=1S/C10H12ClNO4S/c1-8-4-2-5-9(10(8)12(13)14)17(15,16)7-3-6-11/h2,4-5H,3,6-7H2,1H3. The third-order valence-electron chi connectivity index (χ3n) is 2.27. The van der Waals surface area contributed by atoms with Gasteiger partial charge in [-0.3, -0.25) is 10.1 Å². The van der Waals surface area contributed by atoms with Gasteiger partial charge >= 0.3 is 0 Å². The normalized spacial score (nSPS) is 11.4. The fourth-order valence-electron chi connectivity index (χ4n) is 1.47. The second-order valence-electron chi connectivity index (χ2n) is 3.54. The van der Waals surface area contributed by atoms with Crippen molar-refractivity contribution in [1.29, 1.82) is 0 Å². The second kappa shape index (κ2) is 5.46. The minimum atomic E-state index is -3.65. The van der Waals surface area contributed by atoms with Crippen molar-refractivity contribution in [3.05, 3.63) is 33.9 Å². The molecule has 0 spiro atoms. The molecule has 0 N–H and O–H groups in total. The lowest BCUT2D eigenvalue weighted by atomic mass is 10.2. The number of aryl methyl sites for hydroxylation is 1. The first-order chi connectivity index (χ1) is 7.90. The Morgan fingerprint density at radius 2 is 2.06 bits per heavy atom. The summed E-state index contributed by atoms with van der Waals surface area (Å²) in [6.07, 6.45) is 0.273. The zero-order valence-corrected chi connectivity index (χ0v) is 10.8. The first kappa shape index (κ1) is 13.9. The van der Waals surface area contributed by atoms with E-state index in [4.69, 9.17) is 11.6 Å². The molecule has 0 aliphatic rings. The van der Waals surface area contributed by atoms with Gasteiger partial charge < -0.3 is 0 Å². The van der Waals surface area contributed by atoms with Crippen LogP contribution in [0.25, 0.3) is 0 Å². The van der Waals surface area contributed by atoms with Gasteiger partial charge in [-0.2, -0.15) is 0 Å². The Labute approximate surface area is 104 Å². The van der Waals surface area contributed by atoms with Gasteiger partial charge in [-0.1, -0.05) is 12.1 Å². The van der Waals surface area contributed by atoms with Crippen molar-refractivity contribution < 1.29 is 13.3 Å². The summed E-state index contributed by atoms with van der Waals surface area (Å²) >= 11 is 5.43. The van der Waals surface area contributed by atoms with Crippen LogP contribution in [0.3, 0.4) is 0 Å². The number of para-hydroxylation sites is 1. The molecule has 0 fully saturated rings. The average Bonchev–Trinajstić information content (AvgIpc) is 2.25. The number of hydrogen-bond donors (Lipinski definition) is 0. The molecule has 94 valence electrons. The summed E-state index contributed by atoms with van der Waals surface area (Å²) in [5, 5.41) is 10.9. The van der Waals surface area contributed by atoms with Crippen molar-refractivity contribution in [2.75, 3.05) is 11.6 Å². The first-order valence-corrected chi connectivity index (χ1v) is 7.11. The topological polar surface area (TPSA) is 77.3 Å². The number of sulfone groups is 1. The molecule has 0 radical (unpaired) electrons. The number of nitro benzene ring substituents is 1. The average molecular weight is 278 g/mol. The van der Waals surface area contributed by atoms with Gasteiger partial charge in [0, 0.05) is 11.4 Å². The summed E-state index contributed by atoms with van der Waals surface area (Å²) < 4.78 is 23.8. The highest BCUT2D eigenvalue weighted by Crippen LogP contribution is 2.28. The van der Waals surface area contributed by atoms with Gasteiger partial charge in [0.05, 0.1) is 10.7 Å². The van der Waals surface area contributed by atoms with Gasteiger partial charge in [-0.15, -0.1) is 11.6 Å². The zero-order valence-electron chi connectivity index (χ0n) is 9.22. The highest BCUT2D eigenvalue weighted by atomic mass is 35.5. The number of nitrogens with zero attached hydrogens (tertiary/aromatic N) is 1. The maximum absolute atomic E-state index is 11.9. The molecule has 0 saturated carbocycles. The van der Waals surface area contributed by atoms with Crippen LogP contribution in [0.15, 0.2) is 23.1 Å². The molecule has 17 heavy (non-hydrogen) atoms. The van der Waals surface area contributed by atoms with Gasteiger partial charge in [0.2, 0.25) is 0 Å². The summed E-state index contributed by atoms with van der Waals surface area (Å²) in [5.74, 6) is 0.0274. The van der Waals surface area contributed by atoms with Crippen LogP contribution in [0.1, 0.15) is 12.0 Å². The van der Waals surface area contributed by atoms with Crippen LogP contribution in [-0.2, 0) is 9.84 Å². The quantitative estimate of drug-likeness (QED) is 0.470. The Balaban J connectivity index is 3.31. The zero-order chi connectivity index (χ0) is 13.1. The number of hydrogen-bond acceptors (Lipinski definition) is 4. The summed E-state index contributed by atoms with van der Waals surface area (Å²) in [7, 11) is -3.65. The molecule has 0 aromatic heterocycles. The van der Waals surface area contributed by atoms with Crippen molar-refractivity contribution in [2.45, 2.75) is 18.2 Å². The van der Waals surface area contributed by atoms with E-state index in [0.717, 1.165) is 0 Å². The fourth-order valence-corrected chi connectivity index (χ4v) is 3.32. The van der Waals surface area contributed by atoms with E-state index in [9.17, 15) is 18.5 Å². The van der Waals surface area contributed by atoms with Gasteiger partial charge in [0.1, 0.15) is 4.90 Å². The highest BCUT2D eigenvalue weighted by Gasteiger charge is 2.26. The molecule has 0 atom stereocenters. The van der Waals surface area contributed by atoms with Crippen LogP contribution in [0, 0.1) is 17.0 Å². The summed E-state index contributed by atoms with van der Waals surface area (Å²) in [5.41, 5.74) is -0.0102. The van der Waals surface area contributed by atoms with E-state index in [-0.39, 0.29) is 28.6 Å². The number of alkyl halides is 1. The van der Waals surface area contributed by atoms with Crippen LogP contribution < -0.4 is 0 Å². The van der Waals surface area contributed by atoms with Crippen molar-refractivity contribution in [1.82, 2.24) is 0 Å². The molecule has 0 unspecified atom stereocenters. The predicted octanol–water partition coefficient (Wildman–Crippen LogP) is 2.31. The van der Waals surface area contributed by atoms with E-state index in [1.165, 1.54) is 25.1 Å². The Hall–Kier alpha value is -1.14. The molecule has 0 saturated heterocycles. The molecular formula is C10H12ClNO4S. The minimum Gasteiger partial charge on any atom is -0.258 e. The van der Waals surface area contributed by atoms with Crippen LogP contribution in [-0.4, -0.2) is 25.0 Å². The van der Waals surface area contributed by atoms with Gasteiger partial charge in [0.15, 0.2) is 9.84 Å². The Morgan fingerprint density at radius 3 is 2.59 bits per heavy atom. The SMILES string of the molecule is Cc1cccc(S(=O)(=O)CCCCl)c1[N+](=O)[O-]. The van der Waals surface area contributed by atoms with Crippen LogP contribution in [0.2, 0.25) is 0 Å². The summed E-state index contributed by atoms with van der Waals surface area (Å²) in [6, 6.07) is 4.27. The number of benzene rings is 1. The monoisotopic (exact) mass is 277 g/mol. The molecule has 1 rings (SSSR count). The van der Waals surface area contributed by atoms with E-state index >= 15 is 0 Å². The van der Waals surface area contributed by atoms with Crippen LogP contribution in [0.4, 0.5) is 5.69 Å². The number of nitro groups is 1. The molecule has 1 aromatic rings. The summed E-state index contributed by atoms with van der Waals surface area (Å²) in [6.45, 7) is 1.51. The fraction of sp³-hybridized carbons (Fsp3) is 0.400. The van der Waals surface area contributed by atoms with Crippen molar-refractivity contribution in [3.63, 3.8) is 0 Å². The van der Waals surface area contributed by atoms with Crippen molar-refractivity contribution in [3.8, 4) is 0 Å². The lowest BCUT2D eigenvalue weighted by molar-refractivity contribution is -0.388. The largest absolute Gasteiger partial charge is 0.290 e. The third-order valence-corrected chi connectivity index (χ3v) is 4.36. The maximum Gasteiger partial charge on any atom is 0.290 e. The molecular weight excluding hydrogens is 266 g/mol. The van der Waals surface area contributed by atoms with Crippen molar-refractivity contribution >= 4 is 27.1 Å². The van der Waals surface area contributed by atoms with Gasteiger partial charge in [0.25, 0.3) is 5.69 Å². The molecule has 0 heterocycles. The smallest absolute Gasteiger partial charge is 0.258 e. The third kappa shape index (κ3) is 3.17. The van der Waals surface area contributed by atoms with Crippen molar-refractivity contribution in [2.24, 2.45) is 0 Å². The van der Waals surface area contributed by atoms with Crippen LogP contribution in [0.5, 0.6) is 0 Å². The van der Waals surface area contributed by atoms with E-state index < -0.39 is 14.8 Å². The van der Waals surface area contributed by atoms with Gasteiger partial charge in [-0.05, 0) is 19.4 Å². The Kier molecular flexibility index (Phi) is 4.47. The Morgan fingerprint density at radius 1 is 1.41 bits per heavy atom.